The Hall–Kier alpha value is -5.52. The largest absolute Gasteiger partial charge is 0.497 e. The number of aliphatic hydroxyl groups excluding tert-OH is 1. The van der Waals surface area contributed by atoms with E-state index in [-0.39, 0.29) is 42.2 Å². The van der Waals surface area contributed by atoms with Crippen LogP contribution in [0.15, 0.2) is 90.0 Å². The maximum atomic E-state index is 13.0. The van der Waals surface area contributed by atoms with Crippen LogP contribution in [0.3, 0.4) is 0 Å². The van der Waals surface area contributed by atoms with Crippen LogP contribution in [0.25, 0.3) is 11.2 Å². The molecule has 1 aliphatic heterocycles. The normalized spacial score (nSPS) is 18.8. The van der Waals surface area contributed by atoms with Crippen molar-refractivity contribution in [1.82, 2.24) is 19.5 Å². The van der Waals surface area contributed by atoms with E-state index < -0.39 is 35.7 Å². The smallest absolute Gasteiger partial charge is 0.280 e. The van der Waals surface area contributed by atoms with Crippen LogP contribution in [0.1, 0.15) is 36.8 Å². The van der Waals surface area contributed by atoms with Crippen LogP contribution in [0.5, 0.6) is 11.5 Å². The molecule has 3 aromatic carbocycles. The summed E-state index contributed by atoms with van der Waals surface area (Å²) >= 11 is 0. The van der Waals surface area contributed by atoms with Gasteiger partial charge in [0.2, 0.25) is 11.9 Å². The Morgan fingerprint density at radius 1 is 1.02 bits per heavy atom. The van der Waals surface area contributed by atoms with Crippen molar-refractivity contribution in [3.8, 4) is 23.8 Å². The zero-order valence-corrected chi connectivity index (χ0v) is 28.6. The van der Waals surface area contributed by atoms with Gasteiger partial charge in [0.15, 0.2) is 17.4 Å². The average molecular weight is 694 g/mol. The molecule has 3 N–H and O–H groups in total. The molecule has 1 unspecified atom stereocenters. The van der Waals surface area contributed by atoms with Crippen LogP contribution in [0.4, 0.5) is 5.95 Å². The Labute approximate surface area is 294 Å². The number of hydrogen-bond acceptors (Lipinski definition) is 10. The van der Waals surface area contributed by atoms with Crippen LogP contribution >= 0.6 is 0 Å². The number of amides is 1. The molecule has 264 valence electrons. The van der Waals surface area contributed by atoms with Gasteiger partial charge in [-0.05, 0) is 41.0 Å². The molecule has 3 heterocycles. The quantitative estimate of drug-likeness (QED) is 0.122. The SMILES string of the molecule is C#CCO[C@@H]1[C@H](O)C(COC(c2ccccc2)(c2ccc(OC)cc2)c2ccc(OC)cc2)O[C@H]1n1cnc2c(=O)[nH]c(NC(=O)C(C)C)nc21. The lowest BCUT2D eigenvalue weighted by atomic mass is 9.80. The molecule has 1 fully saturated rings. The monoisotopic (exact) mass is 693 g/mol. The van der Waals surface area contributed by atoms with Gasteiger partial charge in [0.05, 0.1) is 27.2 Å². The van der Waals surface area contributed by atoms with Crippen molar-refractivity contribution in [2.24, 2.45) is 5.92 Å². The molecule has 5 aromatic rings. The molecule has 13 nitrogen and oxygen atoms in total. The maximum Gasteiger partial charge on any atom is 0.280 e. The number of fused-ring (bicyclic) bond motifs is 1. The first-order valence-corrected chi connectivity index (χ1v) is 16.3. The number of aromatic nitrogens is 4. The molecule has 0 bridgehead atoms. The summed E-state index contributed by atoms with van der Waals surface area (Å²) in [6.07, 6.45) is 2.71. The number of hydrogen-bond donors (Lipinski definition) is 3. The van der Waals surface area contributed by atoms with Crippen molar-refractivity contribution in [2.75, 3.05) is 32.8 Å². The number of nitrogens with zero attached hydrogens (tertiary/aromatic N) is 3. The number of carbonyl (C=O) groups is 1. The van der Waals surface area contributed by atoms with Crippen molar-refractivity contribution in [3.05, 3.63) is 112 Å². The third kappa shape index (κ3) is 6.95. The summed E-state index contributed by atoms with van der Waals surface area (Å²) in [6, 6.07) is 24.9. The fourth-order valence-electron chi connectivity index (χ4n) is 6.12. The first-order chi connectivity index (χ1) is 24.7. The highest BCUT2D eigenvalue weighted by molar-refractivity contribution is 5.91. The summed E-state index contributed by atoms with van der Waals surface area (Å²) in [5.41, 5.74) is 0.784. The third-order valence-corrected chi connectivity index (χ3v) is 8.78. The molecular formula is C38H39N5O8. The average Bonchev–Trinajstić information content (AvgIpc) is 3.72. The summed E-state index contributed by atoms with van der Waals surface area (Å²) in [7, 11) is 3.20. The number of aromatic amines is 1. The Balaban J connectivity index is 1.40. The van der Waals surface area contributed by atoms with Gasteiger partial charge in [-0.2, -0.15) is 4.98 Å². The first kappa shape index (κ1) is 35.3. The van der Waals surface area contributed by atoms with E-state index in [4.69, 9.17) is 30.1 Å². The molecule has 13 heteroatoms. The number of nitrogens with one attached hydrogen (secondary N) is 2. The highest BCUT2D eigenvalue weighted by Gasteiger charge is 2.48. The van der Waals surface area contributed by atoms with E-state index in [9.17, 15) is 14.7 Å². The molecule has 0 spiro atoms. The lowest BCUT2D eigenvalue weighted by Crippen LogP contribution is -2.40. The summed E-state index contributed by atoms with van der Waals surface area (Å²) in [5.74, 6) is 3.04. The van der Waals surface area contributed by atoms with Gasteiger partial charge < -0.3 is 28.8 Å². The third-order valence-electron chi connectivity index (χ3n) is 8.78. The highest BCUT2D eigenvalue weighted by atomic mass is 16.6. The van der Waals surface area contributed by atoms with E-state index >= 15 is 0 Å². The number of aliphatic hydroxyl groups is 1. The maximum absolute atomic E-state index is 13.0. The van der Waals surface area contributed by atoms with Crippen LogP contribution in [0, 0.1) is 18.3 Å². The number of benzene rings is 3. The van der Waals surface area contributed by atoms with Gasteiger partial charge in [0, 0.05) is 5.92 Å². The van der Waals surface area contributed by atoms with Crippen LogP contribution in [-0.4, -0.2) is 76.3 Å². The zero-order valence-electron chi connectivity index (χ0n) is 28.6. The van der Waals surface area contributed by atoms with E-state index in [2.05, 4.69) is 26.2 Å². The number of carbonyl (C=O) groups excluding carboxylic acids is 1. The van der Waals surface area contributed by atoms with Gasteiger partial charge in [-0.25, -0.2) is 4.98 Å². The predicted molar refractivity (Wildman–Crippen MR) is 188 cm³/mol. The van der Waals surface area contributed by atoms with Crippen molar-refractivity contribution in [2.45, 2.75) is 44.0 Å². The Morgan fingerprint density at radius 3 is 2.20 bits per heavy atom. The van der Waals surface area contributed by atoms with E-state index in [0.717, 1.165) is 16.7 Å². The number of methoxy groups -OCH3 is 2. The van der Waals surface area contributed by atoms with Gasteiger partial charge in [-0.3, -0.25) is 24.5 Å². The van der Waals surface area contributed by atoms with Crippen LogP contribution < -0.4 is 20.3 Å². The van der Waals surface area contributed by atoms with Crippen molar-refractivity contribution >= 4 is 23.0 Å². The van der Waals surface area contributed by atoms with Crippen LogP contribution in [0.2, 0.25) is 0 Å². The van der Waals surface area contributed by atoms with E-state index in [1.165, 1.54) is 10.9 Å². The van der Waals surface area contributed by atoms with Crippen molar-refractivity contribution in [3.63, 3.8) is 0 Å². The second-order valence-electron chi connectivity index (χ2n) is 12.2. The number of rotatable bonds is 13. The molecule has 0 aliphatic carbocycles. The molecule has 0 saturated carbocycles. The Kier molecular flexibility index (Phi) is 10.5. The van der Waals surface area contributed by atoms with E-state index in [1.807, 2.05) is 78.9 Å². The summed E-state index contributed by atoms with van der Waals surface area (Å²) in [6.45, 7) is 3.19. The Morgan fingerprint density at radius 2 is 1.63 bits per heavy atom. The zero-order chi connectivity index (χ0) is 36.1. The topological polar surface area (TPSA) is 159 Å². The minimum absolute atomic E-state index is 0.00754. The lowest BCUT2D eigenvalue weighted by molar-refractivity contribution is -0.118. The number of imidazole rings is 1. The molecule has 2 aromatic heterocycles. The number of terminal acetylenes is 1. The highest BCUT2D eigenvalue weighted by Crippen LogP contribution is 2.43. The summed E-state index contributed by atoms with van der Waals surface area (Å²) in [4.78, 5) is 36.6. The molecule has 4 atom stereocenters. The van der Waals surface area contributed by atoms with Gasteiger partial charge in [-0.15, -0.1) is 6.42 Å². The number of H-pyrrole nitrogens is 1. The molecular weight excluding hydrogens is 654 g/mol. The predicted octanol–water partition coefficient (Wildman–Crippen LogP) is 4.02. The lowest BCUT2D eigenvalue weighted by Gasteiger charge is -2.37. The fraction of sp³-hybridized carbons (Fsp3) is 0.316. The van der Waals surface area contributed by atoms with Gasteiger partial charge in [-0.1, -0.05) is 74.4 Å². The first-order valence-electron chi connectivity index (χ1n) is 16.3. The second kappa shape index (κ2) is 15.2. The fourth-order valence-corrected chi connectivity index (χ4v) is 6.12. The summed E-state index contributed by atoms with van der Waals surface area (Å²) in [5, 5.41) is 14.4. The second-order valence-corrected chi connectivity index (χ2v) is 12.2. The van der Waals surface area contributed by atoms with Crippen molar-refractivity contribution < 1.29 is 33.6 Å². The minimum Gasteiger partial charge on any atom is -0.497 e. The van der Waals surface area contributed by atoms with Crippen LogP contribution in [-0.2, 0) is 24.6 Å². The van der Waals surface area contributed by atoms with E-state index in [1.54, 1.807) is 28.1 Å². The molecule has 1 saturated heterocycles. The van der Waals surface area contributed by atoms with E-state index in [0.29, 0.717) is 11.5 Å². The molecule has 51 heavy (non-hydrogen) atoms. The van der Waals surface area contributed by atoms with Crippen molar-refractivity contribution in [1.29, 1.82) is 0 Å². The molecule has 0 radical (unpaired) electrons. The molecule has 6 rings (SSSR count). The number of ether oxygens (including phenoxy) is 5. The van der Waals surface area contributed by atoms with Gasteiger partial charge in [0.1, 0.15) is 42.0 Å². The summed E-state index contributed by atoms with van der Waals surface area (Å²) < 4.78 is 31.8. The standard InChI is InChI=1S/C38H39N5O8/c1-6-20-49-32-31(44)29(51-36(32)43-22-39-30-33(43)40-37(42-35(30)46)41-34(45)23(2)3)21-50-38(24-10-8-7-9-11-24,25-12-16-27(47-4)17-13-25)26-14-18-28(48-5)19-15-26/h1,7-19,22-23,29,31-32,36,44H,20-21H2,2-5H3,(H2,40,41,42,45,46)/t29?,31-,32-,36-/m1/s1. The molecule has 1 aliphatic rings. The number of anilines is 1. The molecule has 1 amide bonds. The van der Waals surface area contributed by atoms with Gasteiger partial charge in [0.25, 0.3) is 5.56 Å². The van der Waals surface area contributed by atoms with Gasteiger partial charge >= 0.3 is 0 Å². The Bertz CT molecular complexity index is 2010. The minimum atomic E-state index is -1.23.